The number of carbonyl (C=O) groups excluding carboxylic acids is 1. The van der Waals surface area contributed by atoms with Crippen LogP contribution in [0.3, 0.4) is 0 Å². The van der Waals surface area contributed by atoms with Gasteiger partial charge in [-0.2, -0.15) is 4.98 Å². The summed E-state index contributed by atoms with van der Waals surface area (Å²) in [4.78, 5) is 21.2. The van der Waals surface area contributed by atoms with Gasteiger partial charge in [0.1, 0.15) is 12.4 Å². The molecule has 3 aromatic rings. The fourth-order valence-electron chi connectivity index (χ4n) is 2.81. The number of carbonyl (C=O) groups is 1. The summed E-state index contributed by atoms with van der Waals surface area (Å²) in [5, 5.41) is 5.05. The molecule has 7 nitrogen and oxygen atoms in total. The zero-order chi connectivity index (χ0) is 19.4. The summed E-state index contributed by atoms with van der Waals surface area (Å²) in [5.74, 6) is 0.950. The molecule has 0 aliphatic rings. The lowest BCUT2D eigenvalue weighted by Gasteiger charge is -2.12. The monoisotopic (exact) mass is 386 g/mol. The van der Waals surface area contributed by atoms with E-state index in [0.717, 1.165) is 28.3 Å². The zero-order valence-corrected chi connectivity index (χ0v) is 16.7. The van der Waals surface area contributed by atoms with Crippen molar-refractivity contribution in [1.82, 2.24) is 19.6 Å². The number of rotatable bonds is 7. The van der Waals surface area contributed by atoms with E-state index in [1.165, 1.54) is 11.8 Å². The van der Waals surface area contributed by atoms with Gasteiger partial charge in [0.2, 0.25) is 5.16 Å². The molecule has 0 unspecified atom stereocenters. The minimum absolute atomic E-state index is 0.131. The van der Waals surface area contributed by atoms with Gasteiger partial charge in [-0.3, -0.25) is 4.79 Å². The van der Waals surface area contributed by atoms with Crippen LogP contribution in [0.25, 0.3) is 5.78 Å². The Morgan fingerprint density at radius 3 is 2.74 bits per heavy atom. The molecule has 0 N–H and O–H groups in total. The van der Waals surface area contributed by atoms with E-state index < -0.39 is 0 Å². The maximum Gasteiger partial charge on any atom is 0.310 e. The topological polar surface area (TPSA) is 78.6 Å². The van der Waals surface area contributed by atoms with Crippen LogP contribution in [0.15, 0.2) is 29.4 Å². The number of thioether (sulfide) groups is 1. The summed E-state index contributed by atoms with van der Waals surface area (Å²) in [6, 6.07) is 7.55. The normalized spacial score (nSPS) is 11.0. The van der Waals surface area contributed by atoms with E-state index in [2.05, 4.69) is 15.1 Å². The summed E-state index contributed by atoms with van der Waals surface area (Å²) >= 11 is 1.45. The van der Waals surface area contributed by atoms with Crippen LogP contribution in [0.2, 0.25) is 0 Å². The van der Waals surface area contributed by atoms with E-state index >= 15 is 0 Å². The number of benzene rings is 1. The number of fused-ring (bicyclic) bond motifs is 1. The quantitative estimate of drug-likeness (QED) is 0.456. The van der Waals surface area contributed by atoms with Gasteiger partial charge in [-0.25, -0.2) is 9.50 Å². The Morgan fingerprint density at radius 2 is 2.00 bits per heavy atom. The third kappa shape index (κ3) is 4.21. The van der Waals surface area contributed by atoms with E-state index in [0.29, 0.717) is 17.5 Å². The average Bonchev–Trinajstić information content (AvgIpc) is 3.08. The molecule has 0 radical (unpaired) electrons. The summed E-state index contributed by atoms with van der Waals surface area (Å²) < 4.78 is 12.7. The van der Waals surface area contributed by atoms with Crippen LogP contribution in [0, 0.1) is 13.8 Å². The summed E-state index contributed by atoms with van der Waals surface area (Å²) in [5.41, 5.74) is 3.25. The second-order valence-corrected chi connectivity index (χ2v) is 6.72. The number of ether oxygens (including phenoxy) is 2. The highest BCUT2D eigenvalue weighted by Crippen LogP contribution is 2.20. The third-order valence-corrected chi connectivity index (χ3v) is 4.73. The fourth-order valence-corrected chi connectivity index (χ4v) is 3.14. The fraction of sp³-hybridized carbons (Fsp3) is 0.368. The van der Waals surface area contributed by atoms with Gasteiger partial charge in [0.15, 0.2) is 0 Å². The number of nitrogens with zero attached hydrogens (tertiary/aromatic N) is 4. The first-order valence-electron chi connectivity index (χ1n) is 8.66. The predicted molar refractivity (Wildman–Crippen MR) is 103 cm³/mol. The average molecular weight is 386 g/mol. The molecule has 0 saturated carbocycles. The Balaban J connectivity index is 1.74. The molecule has 0 aliphatic carbocycles. The lowest BCUT2D eigenvalue weighted by atomic mass is 10.1. The van der Waals surface area contributed by atoms with Crippen molar-refractivity contribution in [2.75, 3.05) is 12.9 Å². The van der Waals surface area contributed by atoms with E-state index in [1.807, 2.05) is 51.3 Å². The second kappa shape index (κ2) is 8.39. The largest absolute Gasteiger partial charge is 0.493 e. The van der Waals surface area contributed by atoms with Gasteiger partial charge in [0.05, 0.1) is 13.0 Å². The van der Waals surface area contributed by atoms with Gasteiger partial charge >= 0.3 is 5.97 Å². The number of aryl methyl sites for hydroxylation is 2. The van der Waals surface area contributed by atoms with Gasteiger partial charge in [-0.05, 0) is 33.1 Å². The molecular formula is C19H22N4O3S. The van der Waals surface area contributed by atoms with Crippen molar-refractivity contribution < 1.29 is 14.3 Å². The number of hydrogen-bond donors (Lipinski definition) is 0. The molecule has 27 heavy (non-hydrogen) atoms. The van der Waals surface area contributed by atoms with Crippen LogP contribution < -0.4 is 4.74 Å². The van der Waals surface area contributed by atoms with Crippen molar-refractivity contribution in [2.45, 2.75) is 39.0 Å². The first-order valence-corrected chi connectivity index (χ1v) is 9.89. The Kier molecular flexibility index (Phi) is 5.95. The minimum Gasteiger partial charge on any atom is -0.493 e. The van der Waals surface area contributed by atoms with Gasteiger partial charge in [-0.15, -0.1) is 5.10 Å². The van der Waals surface area contributed by atoms with E-state index in [-0.39, 0.29) is 19.0 Å². The molecule has 0 atom stereocenters. The van der Waals surface area contributed by atoms with Crippen LogP contribution >= 0.6 is 11.8 Å². The SMILES string of the molecule is CCOc1ccccc1COC(=O)Cc1c(C)nc2nc(SC)nn2c1C. The van der Waals surface area contributed by atoms with Crippen LogP contribution in [-0.2, 0) is 22.6 Å². The maximum atomic E-state index is 12.4. The highest BCUT2D eigenvalue weighted by molar-refractivity contribution is 7.98. The summed E-state index contributed by atoms with van der Waals surface area (Å²) in [7, 11) is 0. The van der Waals surface area contributed by atoms with Crippen molar-refractivity contribution in [3.05, 3.63) is 46.8 Å². The number of hydrogen-bond acceptors (Lipinski definition) is 7. The van der Waals surface area contributed by atoms with Gasteiger partial charge in [-0.1, -0.05) is 30.0 Å². The molecule has 2 aromatic heterocycles. The number of esters is 1. The molecule has 8 heteroatoms. The lowest BCUT2D eigenvalue weighted by molar-refractivity contribution is -0.144. The Hall–Kier alpha value is -2.61. The van der Waals surface area contributed by atoms with Crippen LogP contribution in [0.5, 0.6) is 5.75 Å². The highest BCUT2D eigenvalue weighted by atomic mass is 32.2. The van der Waals surface area contributed by atoms with Crippen LogP contribution in [-0.4, -0.2) is 38.4 Å². The molecule has 0 fully saturated rings. The smallest absolute Gasteiger partial charge is 0.310 e. The van der Waals surface area contributed by atoms with Crippen LogP contribution in [0.1, 0.15) is 29.4 Å². The zero-order valence-electron chi connectivity index (χ0n) is 15.9. The van der Waals surface area contributed by atoms with Gasteiger partial charge in [0, 0.05) is 22.5 Å². The van der Waals surface area contributed by atoms with Crippen LogP contribution in [0.4, 0.5) is 0 Å². The van der Waals surface area contributed by atoms with E-state index in [1.54, 1.807) is 4.52 Å². The molecule has 1 aromatic carbocycles. The molecule has 0 saturated heterocycles. The number of aromatic nitrogens is 4. The Morgan fingerprint density at radius 1 is 1.22 bits per heavy atom. The predicted octanol–water partition coefficient (Wildman–Crippen LogP) is 3.15. The van der Waals surface area contributed by atoms with Gasteiger partial charge in [0.25, 0.3) is 5.78 Å². The Bertz CT molecular complexity index is 971. The van der Waals surface area contributed by atoms with E-state index in [9.17, 15) is 4.79 Å². The molecule has 142 valence electrons. The van der Waals surface area contributed by atoms with Gasteiger partial charge < -0.3 is 9.47 Å². The van der Waals surface area contributed by atoms with E-state index in [4.69, 9.17) is 9.47 Å². The second-order valence-electron chi connectivity index (χ2n) is 5.95. The molecule has 2 heterocycles. The number of para-hydroxylation sites is 1. The first kappa shape index (κ1) is 19.2. The van der Waals surface area contributed by atoms with Crippen molar-refractivity contribution in [3.8, 4) is 5.75 Å². The first-order chi connectivity index (χ1) is 13.0. The minimum atomic E-state index is -0.321. The summed E-state index contributed by atoms with van der Waals surface area (Å²) in [6.07, 6.45) is 2.04. The molecule has 3 rings (SSSR count). The maximum absolute atomic E-state index is 12.4. The van der Waals surface area contributed by atoms with Crippen molar-refractivity contribution >= 4 is 23.5 Å². The molecular weight excluding hydrogens is 364 g/mol. The third-order valence-electron chi connectivity index (χ3n) is 4.19. The standard InChI is InChI=1S/C19H22N4O3S/c1-5-25-16-9-7-6-8-14(16)11-26-17(24)10-15-12(2)20-18-21-19(27-4)22-23(18)13(15)3/h6-9H,5,10-11H2,1-4H3. The molecule has 0 amide bonds. The molecule has 0 spiro atoms. The molecule has 0 bridgehead atoms. The Labute approximate surface area is 162 Å². The lowest BCUT2D eigenvalue weighted by Crippen LogP contribution is -2.14. The van der Waals surface area contributed by atoms with Crippen molar-refractivity contribution in [1.29, 1.82) is 0 Å². The summed E-state index contributed by atoms with van der Waals surface area (Å²) in [6.45, 7) is 6.43. The highest BCUT2D eigenvalue weighted by Gasteiger charge is 2.17. The van der Waals surface area contributed by atoms with Crippen molar-refractivity contribution in [2.24, 2.45) is 0 Å². The van der Waals surface area contributed by atoms with Crippen molar-refractivity contribution in [3.63, 3.8) is 0 Å². The molecule has 0 aliphatic heterocycles.